The molecule has 0 aliphatic carbocycles. The van der Waals surface area contributed by atoms with Gasteiger partial charge >= 0.3 is 0 Å². The largest absolute Gasteiger partial charge is 0.399 e. The van der Waals surface area contributed by atoms with Gasteiger partial charge in [-0.05, 0) is 18.2 Å². The SMILES string of the molecule is Nc1cccc(NCC(O)C(F)F)c1. The first-order valence-electron chi connectivity index (χ1n) is 4.15. The quantitative estimate of drug-likeness (QED) is 0.645. The Bertz CT molecular complexity index is 294. The van der Waals surface area contributed by atoms with E-state index < -0.39 is 12.5 Å². The number of aliphatic hydroxyl groups is 1. The minimum absolute atomic E-state index is 0.193. The maximum absolute atomic E-state index is 11.9. The summed E-state index contributed by atoms with van der Waals surface area (Å²) in [5.74, 6) is 0. The molecule has 0 bridgehead atoms. The molecular formula is C9H12F2N2O. The van der Waals surface area contributed by atoms with Crippen LogP contribution in [0.5, 0.6) is 0 Å². The van der Waals surface area contributed by atoms with Crippen LogP contribution in [0.4, 0.5) is 20.2 Å². The highest BCUT2D eigenvalue weighted by Crippen LogP contribution is 2.12. The average Bonchev–Trinajstić information content (AvgIpc) is 2.14. The summed E-state index contributed by atoms with van der Waals surface area (Å²) in [6, 6.07) is 6.69. The van der Waals surface area contributed by atoms with E-state index in [1.807, 2.05) is 0 Å². The van der Waals surface area contributed by atoms with E-state index in [0.717, 1.165) is 0 Å². The van der Waals surface area contributed by atoms with Crippen molar-refractivity contribution in [2.24, 2.45) is 0 Å². The number of benzene rings is 1. The van der Waals surface area contributed by atoms with Gasteiger partial charge in [0.05, 0.1) is 0 Å². The van der Waals surface area contributed by atoms with Crippen molar-refractivity contribution in [3.8, 4) is 0 Å². The Morgan fingerprint density at radius 2 is 2.14 bits per heavy atom. The lowest BCUT2D eigenvalue weighted by atomic mass is 10.2. The molecule has 0 saturated heterocycles. The molecule has 0 fully saturated rings. The summed E-state index contributed by atoms with van der Waals surface area (Å²) in [5, 5.41) is 11.5. The molecule has 0 aromatic heterocycles. The Labute approximate surface area is 80.5 Å². The lowest BCUT2D eigenvalue weighted by Gasteiger charge is -2.11. The van der Waals surface area contributed by atoms with Crippen LogP contribution in [0, 0.1) is 0 Å². The van der Waals surface area contributed by atoms with Gasteiger partial charge in [0.15, 0.2) is 0 Å². The molecule has 0 saturated carbocycles. The Morgan fingerprint density at radius 3 is 2.71 bits per heavy atom. The number of halogens is 2. The van der Waals surface area contributed by atoms with Gasteiger partial charge in [0.25, 0.3) is 6.43 Å². The van der Waals surface area contributed by atoms with Crippen LogP contribution < -0.4 is 11.1 Å². The molecule has 0 aliphatic rings. The van der Waals surface area contributed by atoms with E-state index in [0.29, 0.717) is 11.4 Å². The summed E-state index contributed by atoms with van der Waals surface area (Å²) in [7, 11) is 0. The topological polar surface area (TPSA) is 58.3 Å². The predicted molar refractivity (Wildman–Crippen MR) is 51.4 cm³/mol. The molecule has 0 spiro atoms. The van der Waals surface area contributed by atoms with Gasteiger partial charge in [-0.25, -0.2) is 8.78 Å². The van der Waals surface area contributed by atoms with Crippen LogP contribution in [-0.2, 0) is 0 Å². The van der Waals surface area contributed by atoms with Gasteiger partial charge < -0.3 is 16.2 Å². The maximum atomic E-state index is 11.9. The standard InChI is InChI=1S/C9H12F2N2O/c10-9(11)8(14)5-13-7-3-1-2-6(12)4-7/h1-4,8-9,13-14H,5,12H2. The van der Waals surface area contributed by atoms with Crippen LogP contribution in [0.2, 0.25) is 0 Å². The fraction of sp³-hybridized carbons (Fsp3) is 0.333. The van der Waals surface area contributed by atoms with E-state index >= 15 is 0 Å². The number of anilines is 2. The second-order valence-electron chi connectivity index (χ2n) is 2.91. The van der Waals surface area contributed by atoms with Crippen molar-refractivity contribution in [3.63, 3.8) is 0 Å². The van der Waals surface area contributed by atoms with Crippen molar-refractivity contribution in [2.45, 2.75) is 12.5 Å². The van der Waals surface area contributed by atoms with Gasteiger partial charge in [-0.1, -0.05) is 6.07 Å². The first-order chi connectivity index (χ1) is 6.59. The molecule has 1 rings (SSSR count). The zero-order valence-electron chi connectivity index (χ0n) is 7.45. The van der Waals surface area contributed by atoms with Gasteiger partial charge in [-0.3, -0.25) is 0 Å². The van der Waals surface area contributed by atoms with Crippen molar-refractivity contribution >= 4 is 11.4 Å². The van der Waals surface area contributed by atoms with Crippen molar-refractivity contribution in [1.29, 1.82) is 0 Å². The third-order valence-electron chi connectivity index (χ3n) is 1.69. The van der Waals surface area contributed by atoms with Gasteiger partial charge in [0.2, 0.25) is 0 Å². The molecule has 1 unspecified atom stereocenters. The second-order valence-corrected chi connectivity index (χ2v) is 2.91. The van der Waals surface area contributed by atoms with E-state index in [1.54, 1.807) is 24.3 Å². The molecule has 3 nitrogen and oxygen atoms in total. The zero-order chi connectivity index (χ0) is 10.6. The fourth-order valence-electron chi connectivity index (χ4n) is 0.960. The first kappa shape index (κ1) is 10.7. The fourth-order valence-corrected chi connectivity index (χ4v) is 0.960. The van der Waals surface area contributed by atoms with Gasteiger partial charge in [0, 0.05) is 17.9 Å². The Morgan fingerprint density at radius 1 is 1.43 bits per heavy atom. The lowest BCUT2D eigenvalue weighted by Crippen LogP contribution is -2.26. The number of hydrogen-bond acceptors (Lipinski definition) is 3. The Balaban J connectivity index is 2.45. The van der Waals surface area contributed by atoms with Crippen LogP contribution in [0.3, 0.4) is 0 Å². The minimum Gasteiger partial charge on any atom is -0.399 e. The summed E-state index contributed by atoms with van der Waals surface area (Å²) < 4.78 is 23.8. The predicted octanol–water partition coefficient (Wildman–Crippen LogP) is 1.31. The van der Waals surface area contributed by atoms with Crippen molar-refractivity contribution in [1.82, 2.24) is 0 Å². The number of nitrogens with two attached hydrogens (primary N) is 1. The molecule has 1 aromatic carbocycles. The molecule has 0 amide bonds. The first-order valence-corrected chi connectivity index (χ1v) is 4.15. The maximum Gasteiger partial charge on any atom is 0.265 e. The van der Waals surface area contributed by atoms with E-state index in [9.17, 15) is 8.78 Å². The van der Waals surface area contributed by atoms with Gasteiger partial charge in [-0.2, -0.15) is 0 Å². The Hall–Kier alpha value is -1.36. The second kappa shape index (κ2) is 4.76. The summed E-state index contributed by atoms with van der Waals surface area (Å²) in [4.78, 5) is 0. The van der Waals surface area contributed by atoms with Crippen LogP contribution in [0.25, 0.3) is 0 Å². The molecule has 78 valence electrons. The third kappa shape index (κ3) is 3.18. The highest BCUT2D eigenvalue weighted by Gasteiger charge is 2.15. The normalized spacial score (nSPS) is 12.9. The molecule has 0 aliphatic heterocycles. The van der Waals surface area contributed by atoms with E-state index in [1.165, 1.54) is 0 Å². The smallest absolute Gasteiger partial charge is 0.265 e. The Kier molecular flexibility index (Phi) is 3.64. The van der Waals surface area contributed by atoms with E-state index in [-0.39, 0.29) is 6.54 Å². The molecule has 0 heterocycles. The van der Waals surface area contributed by atoms with Crippen LogP contribution in [0.1, 0.15) is 0 Å². The molecule has 0 radical (unpaired) electrons. The molecule has 1 aromatic rings. The summed E-state index contributed by atoms with van der Waals surface area (Å²) in [6.07, 6.45) is -4.39. The lowest BCUT2D eigenvalue weighted by molar-refractivity contribution is 0.00385. The molecule has 4 N–H and O–H groups in total. The number of aliphatic hydroxyl groups excluding tert-OH is 1. The van der Waals surface area contributed by atoms with E-state index in [2.05, 4.69) is 5.32 Å². The average molecular weight is 202 g/mol. The number of nitrogens with one attached hydrogen (secondary N) is 1. The third-order valence-corrected chi connectivity index (χ3v) is 1.69. The van der Waals surface area contributed by atoms with Crippen LogP contribution in [0.15, 0.2) is 24.3 Å². The van der Waals surface area contributed by atoms with Crippen LogP contribution in [-0.4, -0.2) is 24.2 Å². The number of alkyl halides is 2. The molecular weight excluding hydrogens is 190 g/mol. The molecule has 14 heavy (non-hydrogen) atoms. The molecule has 5 heteroatoms. The number of rotatable bonds is 4. The highest BCUT2D eigenvalue weighted by atomic mass is 19.3. The van der Waals surface area contributed by atoms with Crippen LogP contribution >= 0.6 is 0 Å². The summed E-state index contributed by atoms with van der Waals surface area (Å²) >= 11 is 0. The van der Waals surface area contributed by atoms with Crippen molar-refractivity contribution < 1.29 is 13.9 Å². The van der Waals surface area contributed by atoms with Gasteiger partial charge in [-0.15, -0.1) is 0 Å². The number of hydrogen-bond donors (Lipinski definition) is 3. The zero-order valence-corrected chi connectivity index (χ0v) is 7.45. The summed E-state index contributed by atoms with van der Waals surface area (Å²) in [5.41, 5.74) is 6.63. The van der Waals surface area contributed by atoms with Gasteiger partial charge in [0.1, 0.15) is 6.10 Å². The minimum atomic E-state index is -2.73. The highest BCUT2D eigenvalue weighted by molar-refractivity contribution is 5.54. The number of nitrogen functional groups attached to an aromatic ring is 1. The van der Waals surface area contributed by atoms with Crippen molar-refractivity contribution in [2.75, 3.05) is 17.6 Å². The van der Waals surface area contributed by atoms with Crippen molar-refractivity contribution in [3.05, 3.63) is 24.3 Å². The monoisotopic (exact) mass is 202 g/mol. The van der Waals surface area contributed by atoms with E-state index in [4.69, 9.17) is 10.8 Å². The molecule has 1 atom stereocenters. The summed E-state index contributed by atoms with van der Waals surface area (Å²) in [6.45, 7) is -0.193.